The lowest BCUT2D eigenvalue weighted by Gasteiger charge is -2.12. The summed E-state index contributed by atoms with van der Waals surface area (Å²) in [5.74, 6) is -8.41. The van der Waals surface area contributed by atoms with Gasteiger partial charge in [-0.1, -0.05) is 44.2 Å². The van der Waals surface area contributed by atoms with Crippen molar-refractivity contribution in [2.45, 2.75) is 25.8 Å². The van der Waals surface area contributed by atoms with E-state index in [2.05, 4.69) is 11.6 Å². The van der Waals surface area contributed by atoms with Gasteiger partial charge in [-0.15, -0.1) is 0 Å². The van der Waals surface area contributed by atoms with Crippen molar-refractivity contribution < 1.29 is 35.9 Å². The molecule has 31 heavy (non-hydrogen) atoms. The molecule has 1 aliphatic rings. The molecule has 0 radical (unpaired) electrons. The molecule has 0 N–H and O–H groups in total. The number of benzene rings is 2. The lowest BCUT2D eigenvalue weighted by Crippen LogP contribution is -2.13. The molecule has 0 spiro atoms. The Morgan fingerprint density at radius 3 is 2.35 bits per heavy atom. The van der Waals surface area contributed by atoms with E-state index < -0.39 is 69.6 Å². The Morgan fingerprint density at radius 1 is 1.16 bits per heavy atom. The largest absolute Gasteiger partial charge is 0.460 e. The highest BCUT2D eigenvalue weighted by Gasteiger charge is 2.62. The van der Waals surface area contributed by atoms with E-state index in [4.69, 9.17) is 4.74 Å². The van der Waals surface area contributed by atoms with Gasteiger partial charge in [0.25, 0.3) is 0 Å². The van der Waals surface area contributed by atoms with Crippen molar-refractivity contribution in [1.29, 1.82) is 0 Å². The maximum Gasteiger partial charge on any atom is 0.373 e. The van der Waals surface area contributed by atoms with Gasteiger partial charge in [0.2, 0.25) is 0 Å². The summed E-state index contributed by atoms with van der Waals surface area (Å²) in [5.41, 5.74) is -1.91. The fourth-order valence-corrected chi connectivity index (χ4v) is 3.62. The second kappa shape index (κ2) is 8.22. The summed E-state index contributed by atoms with van der Waals surface area (Å²) in [7, 11) is 0. The van der Waals surface area contributed by atoms with Crippen LogP contribution in [0.3, 0.4) is 0 Å². The Kier molecular flexibility index (Phi) is 6.15. The van der Waals surface area contributed by atoms with Crippen LogP contribution in [0.25, 0.3) is 11.1 Å². The van der Waals surface area contributed by atoms with Crippen molar-refractivity contribution in [2.24, 2.45) is 17.3 Å². The molecule has 0 bridgehead atoms. The number of hydrogen-bond acceptors (Lipinski definition) is 2. The second-order valence-electron chi connectivity index (χ2n) is 7.82. The molecule has 1 saturated carbocycles. The molecule has 1 aliphatic carbocycles. The summed E-state index contributed by atoms with van der Waals surface area (Å²) in [6.45, 7) is 2.19. The first-order valence-electron chi connectivity index (χ1n) is 9.18. The summed E-state index contributed by atoms with van der Waals surface area (Å²) in [6, 6.07) is 8.07. The van der Waals surface area contributed by atoms with E-state index in [0.717, 1.165) is 0 Å². The maximum atomic E-state index is 14.9. The van der Waals surface area contributed by atoms with Gasteiger partial charge in [0.1, 0.15) is 24.1 Å². The van der Waals surface area contributed by atoms with E-state index >= 15 is 0 Å². The molecule has 0 heterocycles. The van der Waals surface area contributed by atoms with Crippen LogP contribution in [0.1, 0.15) is 19.4 Å². The zero-order valence-electron chi connectivity index (χ0n) is 16.4. The molecule has 166 valence electrons. The predicted octanol–water partition coefficient (Wildman–Crippen LogP) is 6.77. The molecule has 0 amide bonds. The quantitative estimate of drug-likeness (QED) is 0.269. The van der Waals surface area contributed by atoms with Crippen LogP contribution >= 0.6 is 11.6 Å². The summed E-state index contributed by atoms with van der Waals surface area (Å²) in [6.07, 6.45) is 0.547. The van der Waals surface area contributed by atoms with Crippen LogP contribution in [0.15, 0.2) is 48.3 Å². The fraction of sp³-hybridized carbons (Fsp3) is 0.318. The summed E-state index contributed by atoms with van der Waals surface area (Å²) in [5, 5.41) is -4.21. The Hall–Kier alpha value is -2.48. The van der Waals surface area contributed by atoms with Crippen LogP contribution < -0.4 is 0 Å². The minimum absolute atomic E-state index is 0.163. The van der Waals surface area contributed by atoms with Gasteiger partial charge in [-0.05, 0) is 34.6 Å². The average molecular weight is 463 g/mol. The molecular formula is C22H17ClF6O2. The van der Waals surface area contributed by atoms with Gasteiger partial charge in [0.05, 0.1) is 17.0 Å². The van der Waals surface area contributed by atoms with Gasteiger partial charge in [-0.25, -0.2) is 17.6 Å². The van der Waals surface area contributed by atoms with Crippen molar-refractivity contribution >= 4 is 17.6 Å². The van der Waals surface area contributed by atoms with E-state index in [1.165, 1.54) is 26.0 Å². The third-order valence-electron chi connectivity index (χ3n) is 5.45. The maximum absolute atomic E-state index is 14.9. The highest BCUT2D eigenvalue weighted by atomic mass is 35.5. The normalized spacial score (nSPS) is 20.5. The molecule has 3 rings (SSSR count). The average Bonchev–Trinajstić information content (AvgIpc) is 3.21. The number of ether oxygens (including phenoxy) is 1. The van der Waals surface area contributed by atoms with Gasteiger partial charge < -0.3 is 4.74 Å². The van der Waals surface area contributed by atoms with E-state index in [0.29, 0.717) is 12.1 Å². The molecular weight excluding hydrogens is 446 g/mol. The SMILES string of the molecule is CC1(C)C(C=C(F)C(F)(F)Cl)C1C(=O)OCc1c(F)cc(F)c(-c2ccccc2)c1F. The van der Waals surface area contributed by atoms with Gasteiger partial charge in [0.15, 0.2) is 5.83 Å². The lowest BCUT2D eigenvalue weighted by atomic mass is 10.0. The molecule has 2 nitrogen and oxygen atoms in total. The summed E-state index contributed by atoms with van der Waals surface area (Å²) >= 11 is 4.62. The van der Waals surface area contributed by atoms with E-state index in [-0.39, 0.29) is 5.56 Å². The standard InChI is InChI=1S/C22H17ClF6O2/c1-21(2)13(8-16(26)22(23,28)29)18(21)20(30)31-10-12-14(24)9-15(25)17(19(12)27)11-6-4-3-5-7-11/h3-9,13,18H,10H2,1-2H3. The highest BCUT2D eigenvalue weighted by Crippen LogP contribution is 2.60. The number of carbonyl (C=O) groups is 1. The third-order valence-corrected chi connectivity index (χ3v) is 5.63. The van der Waals surface area contributed by atoms with Crippen molar-refractivity contribution in [3.8, 4) is 11.1 Å². The van der Waals surface area contributed by atoms with Gasteiger partial charge in [0, 0.05) is 6.07 Å². The molecule has 0 aromatic heterocycles. The lowest BCUT2D eigenvalue weighted by molar-refractivity contribution is -0.147. The first kappa shape index (κ1) is 23.2. The van der Waals surface area contributed by atoms with E-state index in [1.807, 2.05) is 0 Å². The van der Waals surface area contributed by atoms with Crippen LogP contribution in [0, 0.1) is 34.7 Å². The Balaban J connectivity index is 1.80. The van der Waals surface area contributed by atoms with Crippen LogP contribution in [0.2, 0.25) is 0 Å². The van der Waals surface area contributed by atoms with Crippen molar-refractivity contribution in [1.82, 2.24) is 0 Å². The van der Waals surface area contributed by atoms with Crippen LogP contribution in [-0.2, 0) is 16.1 Å². The number of esters is 1. The zero-order chi connectivity index (χ0) is 23.1. The monoisotopic (exact) mass is 462 g/mol. The van der Waals surface area contributed by atoms with Gasteiger partial charge in [-0.3, -0.25) is 4.79 Å². The minimum atomic E-state index is -4.21. The molecule has 0 saturated heterocycles. The Morgan fingerprint density at radius 2 is 1.77 bits per heavy atom. The van der Waals surface area contributed by atoms with Gasteiger partial charge in [-0.2, -0.15) is 8.78 Å². The molecule has 0 aliphatic heterocycles. The van der Waals surface area contributed by atoms with Crippen molar-refractivity contribution in [3.63, 3.8) is 0 Å². The summed E-state index contributed by atoms with van der Waals surface area (Å²) < 4.78 is 87.3. The molecule has 2 atom stereocenters. The molecule has 2 unspecified atom stereocenters. The number of allylic oxidation sites excluding steroid dienone is 2. The fourth-order valence-electron chi connectivity index (χ4n) is 3.56. The number of halogens is 7. The van der Waals surface area contributed by atoms with Crippen LogP contribution in [-0.4, -0.2) is 11.4 Å². The number of carbonyl (C=O) groups excluding carboxylic acids is 1. The zero-order valence-corrected chi connectivity index (χ0v) is 17.1. The molecule has 2 aromatic rings. The Bertz CT molecular complexity index is 1030. The first-order valence-corrected chi connectivity index (χ1v) is 9.56. The van der Waals surface area contributed by atoms with Gasteiger partial charge >= 0.3 is 11.4 Å². The molecule has 2 aromatic carbocycles. The third kappa shape index (κ3) is 4.59. The smallest absolute Gasteiger partial charge is 0.373 e. The highest BCUT2D eigenvalue weighted by molar-refractivity contribution is 6.23. The first-order chi connectivity index (χ1) is 14.4. The van der Waals surface area contributed by atoms with Crippen LogP contribution in [0.5, 0.6) is 0 Å². The van der Waals surface area contributed by atoms with Crippen LogP contribution in [0.4, 0.5) is 26.3 Å². The summed E-state index contributed by atoms with van der Waals surface area (Å²) in [4.78, 5) is 12.4. The number of alkyl halides is 3. The number of rotatable bonds is 6. The Labute approximate surface area is 179 Å². The number of hydrogen-bond donors (Lipinski definition) is 0. The molecule has 9 heteroatoms. The minimum Gasteiger partial charge on any atom is -0.460 e. The second-order valence-corrected chi connectivity index (χ2v) is 8.29. The van der Waals surface area contributed by atoms with E-state index in [9.17, 15) is 31.1 Å². The van der Waals surface area contributed by atoms with Crippen molar-refractivity contribution in [2.75, 3.05) is 0 Å². The predicted molar refractivity (Wildman–Crippen MR) is 102 cm³/mol. The van der Waals surface area contributed by atoms with E-state index in [1.54, 1.807) is 18.2 Å². The molecule has 1 fully saturated rings. The topological polar surface area (TPSA) is 26.3 Å². The van der Waals surface area contributed by atoms with Crippen molar-refractivity contribution in [3.05, 3.63) is 71.3 Å².